The normalized spacial score (nSPS) is 21.4. The van der Waals surface area contributed by atoms with Gasteiger partial charge >= 0.3 is 0 Å². The molecule has 6 heterocycles. The standard InChI is InChI=1S/C57H66N10O8S2/c1-36(2)43-7-5-6-8-44(43)47-34-64(33-38-9-11-41(74-4)12-10-38)23-24-66(47)40-28-57(29-40)18-21-65(22-19-57)50-27-48(75-42-25-39-15-20-58-54(39)61-31-42)45(32-59-50)55(68)63-77(72,73)49-26-46(67(70)71)51(53-52(49)62-35-76-53)60-30-37-13-16-56(3,69)17-14-37/h5-12,15,20,25-27,31-32,35-37,40,47,60,69H,13-14,16-19,21-24,28-30,33-34H2,1-4H3,(H,58,61)(H,63,68). The lowest BCUT2D eigenvalue weighted by atomic mass is 9.59. The summed E-state index contributed by atoms with van der Waals surface area (Å²) in [6.45, 7) is 12.1. The topological polar surface area (TPSA) is 221 Å². The number of nitrogens with zero attached hydrogens (tertiary/aromatic N) is 7. The van der Waals surface area contributed by atoms with E-state index in [-0.39, 0.29) is 44.6 Å². The number of hydrogen-bond acceptors (Lipinski definition) is 16. The van der Waals surface area contributed by atoms with Gasteiger partial charge in [0.1, 0.15) is 50.4 Å². The first-order valence-electron chi connectivity index (χ1n) is 26.7. The van der Waals surface area contributed by atoms with E-state index >= 15 is 0 Å². The zero-order valence-electron chi connectivity index (χ0n) is 43.9. The number of carbonyl (C=O) groups is 1. The van der Waals surface area contributed by atoms with E-state index < -0.39 is 37.0 Å². The van der Waals surface area contributed by atoms with Crippen LogP contribution < -0.4 is 24.4 Å². The summed E-state index contributed by atoms with van der Waals surface area (Å²) in [5, 5.41) is 27.0. The van der Waals surface area contributed by atoms with E-state index in [0.29, 0.717) is 48.6 Å². The largest absolute Gasteiger partial charge is 0.497 e. The van der Waals surface area contributed by atoms with Crippen molar-refractivity contribution in [3.05, 3.63) is 129 Å². The molecule has 4 fully saturated rings. The highest BCUT2D eigenvalue weighted by molar-refractivity contribution is 7.90. The molecule has 11 rings (SSSR count). The van der Waals surface area contributed by atoms with E-state index in [1.54, 1.807) is 25.4 Å². The van der Waals surface area contributed by atoms with Gasteiger partial charge in [-0.3, -0.25) is 24.7 Å². The quantitative estimate of drug-likeness (QED) is 0.0522. The summed E-state index contributed by atoms with van der Waals surface area (Å²) in [6.07, 6.45) is 11.5. The Morgan fingerprint density at radius 2 is 1.73 bits per heavy atom. The molecule has 7 aromatic rings. The summed E-state index contributed by atoms with van der Waals surface area (Å²) in [7, 11) is -3.07. The van der Waals surface area contributed by atoms with Gasteiger partial charge in [-0.1, -0.05) is 50.2 Å². The van der Waals surface area contributed by atoms with Gasteiger partial charge < -0.3 is 29.8 Å². The van der Waals surface area contributed by atoms with Gasteiger partial charge in [0.15, 0.2) is 0 Å². The molecule has 1 atom stereocenters. The second-order valence-electron chi connectivity index (χ2n) is 22.2. The van der Waals surface area contributed by atoms with Gasteiger partial charge in [-0.05, 0) is 116 Å². The van der Waals surface area contributed by atoms with Crippen LogP contribution in [0.1, 0.15) is 111 Å². The van der Waals surface area contributed by atoms with Crippen molar-refractivity contribution in [3.8, 4) is 17.2 Å². The van der Waals surface area contributed by atoms with Crippen LogP contribution >= 0.6 is 11.3 Å². The lowest BCUT2D eigenvalue weighted by molar-refractivity contribution is -0.384. The van der Waals surface area contributed by atoms with Crippen molar-refractivity contribution in [2.45, 2.75) is 107 Å². The number of amides is 1. The third kappa shape index (κ3) is 10.9. The number of nitro groups is 1. The Balaban J connectivity index is 0.804. The van der Waals surface area contributed by atoms with Crippen molar-refractivity contribution in [2.75, 3.05) is 56.6 Å². The van der Waals surface area contributed by atoms with Gasteiger partial charge in [-0.2, -0.15) is 0 Å². The Labute approximate surface area is 452 Å². The number of H-pyrrole nitrogens is 1. The van der Waals surface area contributed by atoms with E-state index in [2.05, 4.69) is 89.9 Å². The number of piperidine rings is 1. The fourth-order valence-corrected chi connectivity index (χ4v) is 14.3. The second-order valence-corrected chi connectivity index (χ2v) is 24.7. The molecule has 77 heavy (non-hydrogen) atoms. The molecule has 4 aromatic heterocycles. The van der Waals surface area contributed by atoms with Crippen molar-refractivity contribution in [2.24, 2.45) is 11.3 Å². The molecule has 1 spiro atoms. The van der Waals surface area contributed by atoms with Gasteiger partial charge in [0, 0.05) is 87.8 Å². The minimum atomic E-state index is -4.77. The number of sulfonamides is 1. The number of hydrogen-bond donors (Lipinski definition) is 4. The number of carbonyl (C=O) groups excluding carboxylic acids is 1. The number of anilines is 2. The van der Waals surface area contributed by atoms with E-state index in [4.69, 9.17) is 14.5 Å². The Morgan fingerprint density at radius 1 is 0.961 bits per heavy atom. The minimum Gasteiger partial charge on any atom is -0.497 e. The molecule has 18 nitrogen and oxygen atoms in total. The van der Waals surface area contributed by atoms with Crippen LogP contribution in [-0.4, -0.2) is 112 Å². The van der Waals surface area contributed by atoms with Gasteiger partial charge in [0.05, 0.1) is 34.0 Å². The number of methoxy groups -OCH3 is 1. The number of pyridine rings is 2. The fourth-order valence-electron chi connectivity index (χ4n) is 12.3. The highest BCUT2D eigenvalue weighted by atomic mass is 32.2. The number of aliphatic hydroxyl groups is 1. The highest BCUT2D eigenvalue weighted by Gasteiger charge is 2.50. The molecule has 3 aromatic carbocycles. The molecular weight excluding hydrogens is 1020 g/mol. The van der Waals surface area contributed by atoms with Crippen molar-refractivity contribution < 1.29 is 32.7 Å². The van der Waals surface area contributed by atoms with Crippen LogP contribution in [0, 0.1) is 21.4 Å². The molecule has 4 N–H and O–H groups in total. The first-order chi connectivity index (χ1) is 37.0. The Kier molecular flexibility index (Phi) is 14.5. The smallest absolute Gasteiger partial charge is 0.295 e. The molecule has 0 bridgehead atoms. The summed E-state index contributed by atoms with van der Waals surface area (Å²) in [6, 6.07) is 24.4. The number of rotatable bonds is 16. The first kappa shape index (κ1) is 52.3. The maximum absolute atomic E-state index is 14.3. The number of piperazine rings is 1. The number of thiazole rings is 1. The third-order valence-electron chi connectivity index (χ3n) is 16.7. The number of aromatic amines is 1. The monoisotopic (exact) mass is 1080 g/mol. The summed E-state index contributed by atoms with van der Waals surface area (Å²) >= 11 is 1.07. The van der Waals surface area contributed by atoms with Crippen molar-refractivity contribution in [1.82, 2.24) is 34.5 Å². The summed E-state index contributed by atoms with van der Waals surface area (Å²) < 4.78 is 42.9. The summed E-state index contributed by atoms with van der Waals surface area (Å²) in [5.74, 6) is 1.36. The molecule has 20 heteroatoms. The van der Waals surface area contributed by atoms with Crippen LogP contribution in [0.5, 0.6) is 17.2 Å². The lowest BCUT2D eigenvalue weighted by Crippen LogP contribution is -2.60. The number of nitro benzene ring substituents is 1. The third-order valence-corrected chi connectivity index (χ3v) is 18.9. The molecule has 4 aliphatic rings. The van der Waals surface area contributed by atoms with Crippen molar-refractivity contribution in [3.63, 3.8) is 0 Å². The van der Waals surface area contributed by atoms with Crippen molar-refractivity contribution in [1.29, 1.82) is 0 Å². The van der Waals surface area contributed by atoms with E-state index in [1.807, 2.05) is 25.1 Å². The van der Waals surface area contributed by atoms with Gasteiger partial charge in [-0.15, -0.1) is 11.3 Å². The van der Waals surface area contributed by atoms with E-state index in [1.165, 1.54) is 34.6 Å². The number of nitrogens with one attached hydrogen (secondary N) is 3. The Morgan fingerprint density at radius 3 is 2.47 bits per heavy atom. The van der Waals surface area contributed by atoms with Gasteiger partial charge in [0.25, 0.3) is 21.6 Å². The van der Waals surface area contributed by atoms with E-state index in [0.717, 1.165) is 106 Å². The van der Waals surface area contributed by atoms with Crippen LogP contribution in [0.2, 0.25) is 0 Å². The number of benzene rings is 3. The maximum Gasteiger partial charge on any atom is 0.295 e. The molecule has 1 amide bonds. The van der Waals surface area contributed by atoms with Crippen LogP contribution in [0.4, 0.5) is 17.2 Å². The maximum atomic E-state index is 14.3. The molecule has 2 aliphatic carbocycles. The van der Waals surface area contributed by atoms with Crippen LogP contribution in [0.15, 0.2) is 102 Å². The van der Waals surface area contributed by atoms with E-state index in [9.17, 15) is 28.4 Å². The molecule has 2 saturated heterocycles. The Bertz CT molecular complexity index is 3410. The second kappa shape index (κ2) is 21.3. The number of ether oxygens (including phenoxy) is 2. The van der Waals surface area contributed by atoms with Gasteiger partial charge in [-0.25, -0.2) is 28.1 Å². The summed E-state index contributed by atoms with van der Waals surface area (Å²) in [4.78, 5) is 49.9. The molecule has 0 radical (unpaired) electrons. The SMILES string of the molecule is COc1ccc(CN2CCN(C3CC4(CCN(c5cc(Oc6cnc7[nH]ccc7c6)c(C(=O)NS(=O)(=O)c6cc([N+](=O)[O-])c(NCC7CCC(C)(O)CC7)c7scnc67)cn5)CC4)C3)C(c3ccccc3C(C)C)C2)cc1. The highest BCUT2D eigenvalue weighted by Crippen LogP contribution is 2.53. The average molecular weight is 1080 g/mol. The first-order valence-corrected chi connectivity index (χ1v) is 29.0. The van der Waals surface area contributed by atoms with Gasteiger partial charge in [0.2, 0.25) is 0 Å². The number of aromatic nitrogens is 4. The lowest BCUT2D eigenvalue weighted by Gasteiger charge is -2.58. The molecule has 2 saturated carbocycles. The van der Waals surface area contributed by atoms with Crippen LogP contribution in [0.25, 0.3) is 21.3 Å². The molecule has 404 valence electrons. The predicted octanol–water partition coefficient (Wildman–Crippen LogP) is 10.2. The molecule has 1 unspecified atom stereocenters. The zero-order valence-corrected chi connectivity index (χ0v) is 45.5. The van der Waals surface area contributed by atoms with Crippen molar-refractivity contribution >= 4 is 65.7 Å². The van der Waals surface area contributed by atoms with Crippen LogP contribution in [-0.2, 0) is 16.6 Å². The molecular formula is C57H66N10O8S2. The zero-order chi connectivity index (χ0) is 53.6. The predicted molar refractivity (Wildman–Crippen MR) is 298 cm³/mol. The minimum absolute atomic E-state index is 0.00827. The van der Waals surface area contributed by atoms with Crippen LogP contribution in [0.3, 0.4) is 0 Å². The fraction of sp³-hybridized carbons (Fsp3) is 0.439. The Hall–Kier alpha value is -6.71. The molecule has 2 aliphatic heterocycles. The summed E-state index contributed by atoms with van der Waals surface area (Å²) in [5.41, 5.74) is 5.16. The number of fused-ring (bicyclic) bond motifs is 2. The average Bonchev–Trinajstić information content (AvgIpc) is 4.19.